The molecule has 1 aliphatic heterocycles. The van der Waals surface area contributed by atoms with Gasteiger partial charge < -0.3 is 5.32 Å². The van der Waals surface area contributed by atoms with E-state index in [-0.39, 0.29) is 11.8 Å². The van der Waals surface area contributed by atoms with Crippen LogP contribution in [-0.4, -0.2) is 28.7 Å². The van der Waals surface area contributed by atoms with Crippen LogP contribution in [0.2, 0.25) is 0 Å². The minimum Gasteiger partial charge on any atom is -0.349 e. The van der Waals surface area contributed by atoms with E-state index in [0.717, 1.165) is 9.78 Å². The van der Waals surface area contributed by atoms with Gasteiger partial charge in [-0.05, 0) is 35.9 Å². The molecule has 3 rings (SSSR count). The van der Waals surface area contributed by atoms with Crippen molar-refractivity contribution in [2.75, 3.05) is 0 Å². The highest BCUT2D eigenvalue weighted by Crippen LogP contribution is 2.27. The average Bonchev–Trinajstić information content (AvgIpc) is 3.19. The van der Waals surface area contributed by atoms with Gasteiger partial charge in [-0.2, -0.15) is 0 Å². The van der Waals surface area contributed by atoms with Gasteiger partial charge in [-0.15, -0.1) is 11.3 Å². The largest absolute Gasteiger partial charge is 0.349 e. The van der Waals surface area contributed by atoms with Gasteiger partial charge in [0.15, 0.2) is 0 Å². The zero-order chi connectivity index (χ0) is 18.0. The molecule has 1 aromatic heterocycles. The summed E-state index contributed by atoms with van der Waals surface area (Å²) >= 11 is 1.55. The Kier molecular flexibility index (Phi) is 4.99. The Labute approximate surface area is 150 Å². The lowest BCUT2D eigenvalue weighted by Gasteiger charge is -2.26. The van der Waals surface area contributed by atoms with Crippen LogP contribution in [0.1, 0.15) is 45.9 Å². The number of benzene rings is 1. The van der Waals surface area contributed by atoms with Crippen LogP contribution in [0.15, 0.2) is 41.8 Å². The third-order valence-electron chi connectivity index (χ3n) is 4.15. The third kappa shape index (κ3) is 3.49. The molecule has 130 valence electrons. The number of thiophene rings is 1. The molecule has 1 aliphatic rings. The van der Waals surface area contributed by atoms with E-state index >= 15 is 0 Å². The van der Waals surface area contributed by atoms with E-state index < -0.39 is 17.9 Å². The smallest absolute Gasteiger partial charge is 0.262 e. The Bertz CT molecular complexity index is 764. The summed E-state index contributed by atoms with van der Waals surface area (Å²) in [6.07, 6.45) is 0.432. The number of rotatable bonds is 6. The van der Waals surface area contributed by atoms with E-state index in [0.29, 0.717) is 24.1 Å². The van der Waals surface area contributed by atoms with E-state index in [1.165, 1.54) is 0 Å². The molecule has 0 bridgehead atoms. The number of carbonyl (C=O) groups is 3. The molecule has 0 fully saturated rings. The fourth-order valence-electron chi connectivity index (χ4n) is 2.97. The lowest BCUT2D eigenvalue weighted by atomic mass is 10.0. The minimum atomic E-state index is -0.799. The Balaban J connectivity index is 1.82. The summed E-state index contributed by atoms with van der Waals surface area (Å²) in [5.74, 6) is -0.909. The van der Waals surface area contributed by atoms with Crippen molar-refractivity contribution in [1.82, 2.24) is 10.2 Å². The normalized spacial score (nSPS) is 14.8. The van der Waals surface area contributed by atoms with Crippen LogP contribution < -0.4 is 5.32 Å². The molecule has 25 heavy (non-hydrogen) atoms. The summed E-state index contributed by atoms with van der Waals surface area (Å²) in [6, 6.07) is 9.76. The maximum Gasteiger partial charge on any atom is 0.262 e. The number of nitrogens with zero attached hydrogens (tertiary/aromatic N) is 1. The zero-order valence-electron chi connectivity index (χ0n) is 14.2. The van der Waals surface area contributed by atoms with E-state index in [1.54, 1.807) is 35.6 Å². The summed E-state index contributed by atoms with van der Waals surface area (Å²) in [5.41, 5.74) is 0.736. The summed E-state index contributed by atoms with van der Waals surface area (Å²) in [6.45, 7) is 4.34. The second kappa shape index (κ2) is 7.19. The Morgan fingerprint density at radius 2 is 1.72 bits per heavy atom. The monoisotopic (exact) mass is 356 g/mol. The number of carbonyl (C=O) groups excluding carboxylic acids is 3. The number of fused-ring (bicyclic) bond motifs is 1. The average molecular weight is 356 g/mol. The molecule has 2 heterocycles. The second-order valence-electron chi connectivity index (χ2n) is 6.47. The van der Waals surface area contributed by atoms with Gasteiger partial charge in [-0.25, -0.2) is 0 Å². The summed E-state index contributed by atoms with van der Waals surface area (Å²) in [4.78, 5) is 40.3. The van der Waals surface area contributed by atoms with Crippen LogP contribution >= 0.6 is 11.3 Å². The summed E-state index contributed by atoms with van der Waals surface area (Å²) < 4.78 is 0. The van der Waals surface area contributed by atoms with Crippen molar-refractivity contribution in [1.29, 1.82) is 0 Å². The molecule has 0 radical (unpaired) electrons. The van der Waals surface area contributed by atoms with Crippen molar-refractivity contribution >= 4 is 29.1 Å². The molecule has 3 amide bonds. The Morgan fingerprint density at radius 1 is 1.08 bits per heavy atom. The second-order valence-corrected chi connectivity index (χ2v) is 7.50. The lowest BCUT2D eigenvalue weighted by molar-refractivity contribution is -0.125. The predicted octanol–water partition coefficient (Wildman–Crippen LogP) is 3.08. The number of amides is 3. The van der Waals surface area contributed by atoms with Crippen molar-refractivity contribution in [2.24, 2.45) is 5.92 Å². The number of hydrogen-bond acceptors (Lipinski definition) is 4. The molecular weight excluding hydrogens is 336 g/mol. The fraction of sp³-hybridized carbons (Fsp3) is 0.316. The lowest BCUT2D eigenvalue weighted by Crippen LogP contribution is -2.50. The van der Waals surface area contributed by atoms with Crippen molar-refractivity contribution < 1.29 is 14.4 Å². The topological polar surface area (TPSA) is 66.5 Å². The minimum absolute atomic E-state index is 0.168. The van der Waals surface area contributed by atoms with Crippen molar-refractivity contribution in [3.8, 4) is 0 Å². The summed E-state index contributed by atoms with van der Waals surface area (Å²) in [7, 11) is 0. The molecular formula is C19H20N2O3S. The van der Waals surface area contributed by atoms with Gasteiger partial charge >= 0.3 is 0 Å². The number of imide groups is 1. The van der Waals surface area contributed by atoms with Gasteiger partial charge in [0.1, 0.15) is 6.04 Å². The molecule has 5 nitrogen and oxygen atoms in total. The highest BCUT2D eigenvalue weighted by Gasteiger charge is 2.42. The van der Waals surface area contributed by atoms with Gasteiger partial charge in [0.05, 0.1) is 17.7 Å². The molecule has 1 aromatic carbocycles. The van der Waals surface area contributed by atoms with Gasteiger partial charge in [-0.3, -0.25) is 19.3 Å². The molecule has 0 saturated heterocycles. The van der Waals surface area contributed by atoms with E-state index in [1.807, 2.05) is 31.4 Å². The predicted molar refractivity (Wildman–Crippen MR) is 96.4 cm³/mol. The molecule has 1 atom stereocenters. The van der Waals surface area contributed by atoms with Crippen molar-refractivity contribution in [3.05, 3.63) is 57.8 Å². The van der Waals surface area contributed by atoms with E-state index in [4.69, 9.17) is 0 Å². The van der Waals surface area contributed by atoms with Crippen LogP contribution in [0.5, 0.6) is 0 Å². The molecule has 6 heteroatoms. The van der Waals surface area contributed by atoms with Gasteiger partial charge in [-0.1, -0.05) is 32.0 Å². The maximum absolute atomic E-state index is 12.8. The first-order valence-corrected chi connectivity index (χ1v) is 9.14. The molecule has 1 N–H and O–H groups in total. The van der Waals surface area contributed by atoms with Gasteiger partial charge in [0.25, 0.3) is 11.8 Å². The first-order valence-electron chi connectivity index (χ1n) is 8.26. The highest BCUT2D eigenvalue weighted by molar-refractivity contribution is 7.09. The number of nitrogens with one attached hydrogen (secondary N) is 1. The van der Waals surface area contributed by atoms with Crippen LogP contribution in [-0.2, 0) is 11.3 Å². The van der Waals surface area contributed by atoms with Crippen LogP contribution in [0.3, 0.4) is 0 Å². The Morgan fingerprint density at radius 3 is 2.24 bits per heavy atom. The molecule has 2 aromatic rings. The maximum atomic E-state index is 12.8. The van der Waals surface area contributed by atoms with Crippen LogP contribution in [0, 0.1) is 5.92 Å². The third-order valence-corrected chi connectivity index (χ3v) is 5.03. The van der Waals surface area contributed by atoms with Crippen molar-refractivity contribution in [2.45, 2.75) is 32.9 Å². The van der Waals surface area contributed by atoms with Gasteiger partial charge in [0.2, 0.25) is 5.91 Å². The van der Waals surface area contributed by atoms with Crippen LogP contribution in [0.25, 0.3) is 0 Å². The van der Waals surface area contributed by atoms with Gasteiger partial charge in [0, 0.05) is 4.88 Å². The fourth-order valence-corrected chi connectivity index (χ4v) is 3.62. The Hall–Kier alpha value is -2.47. The van der Waals surface area contributed by atoms with Crippen molar-refractivity contribution in [3.63, 3.8) is 0 Å². The summed E-state index contributed by atoms with van der Waals surface area (Å²) in [5, 5.41) is 4.80. The molecule has 0 spiro atoms. The van der Waals surface area contributed by atoms with Crippen LogP contribution in [0.4, 0.5) is 0 Å². The molecule has 0 aliphatic carbocycles. The quantitative estimate of drug-likeness (QED) is 0.809. The first kappa shape index (κ1) is 17.4. The standard InChI is InChI=1S/C19H20N2O3S/c1-12(2)10-16(17(22)20-11-13-6-5-9-25-13)21-18(23)14-7-3-4-8-15(14)19(21)24/h3-9,12,16H,10-11H2,1-2H3,(H,20,22)/t16-/m0/s1. The molecule has 0 unspecified atom stereocenters. The number of hydrogen-bond donors (Lipinski definition) is 1. The van der Waals surface area contributed by atoms with E-state index in [2.05, 4.69) is 5.32 Å². The zero-order valence-corrected chi connectivity index (χ0v) is 15.0. The first-order chi connectivity index (χ1) is 12.0. The highest BCUT2D eigenvalue weighted by atomic mass is 32.1. The van der Waals surface area contributed by atoms with E-state index in [9.17, 15) is 14.4 Å². The SMILES string of the molecule is CC(C)C[C@@H](C(=O)NCc1cccs1)N1C(=O)c2ccccc2C1=O. The molecule has 0 saturated carbocycles.